The van der Waals surface area contributed by atoms with Gasteiger partial charge in [-0.25, -0.2) is 4.79 Å². The van der Waals surface area contributed by atoms with Crippen LogP contribution in [0.2, 0.25) is 0 Å². The number of rotatable bonds is 3. The summed E-state index contributed by atoms with van der Waals surface area (Å²) in [6.45, 7) is 3.34. The molecule has 2 N–H and O–H groups in total. The molecule has 0 radical (unpaired) electrons. The first-order chi connectivity index (χ1) is 10.0. The molecule has 1 heterocycles. The minimum Gasteiger partial charge on any atom is -0.342 e. The molecule has 0 aliphatic carbocycles. The van der Waals surface area contributed by atoms with E-state index in [4.69, 9.17) is 0 Å². The van der Waals surface area contributed by atoms with Crippen LogP contribution >= 0.6 is 0 Å². The summed E-state index contributed by atoms with van der Waals surface area (Å²) < 4.78 is 0. The van der Waals surface area contributed by atoms with E-state index < -0.39 is 0 Å². The van der Waals surface area contributed by atoms with Crippen LogP contribution in [0.15, 0.2) is 24.3 Å². The Hall–Kier alpha value is -2.08. The molecule has 6 nitrogen and oxygen atoms in total. The highest BCUT2D eigenvalue weighted by molar-refractivity contribution is 5.93. The number of nitrogens with one attached hydrogen (secondary N) is 2. The first kappa shape index (κ1) is 15.3. The normalized spacial score (nSPS) is 16.8. The van der Waals surface area contributed by atoms with E-state index in [2.05, 4.69) is 17.6 Å². The van der Waals surface area contributed by atoms with Gasteiger partial charge >= 0.3 is 6.03 Å². The quantitative estimate of drug-likeness (QED) is 0.881. The van der Waals surface area contributed by atoms with Crippen LogP contribution in [-0.4, -0.2) is 55.5 Å². The monoisotopic (exact) mass is 290 g/mol. The summed E-state index contributed by atoms with van der Waals surface area (Å²) in [5.41, 5.74) is 1.89. The van der Waals surface area contributed by atoms with E-state index in [1.807, 2.05) is 31.3 Å². The van der Waals surface area contributed by atoms with Crippen molar-refractivity contribution in [2.24, 2.45) is 0 Å². The van der Waals surface area contributed by atoms with Gasteiger partial charge in [0.1, 0.15) is 6.54 Å². The number of anilines is 1. The van der Waals surface area contributed by atoms with Crippen LogP contribution in [0.25, 0.3) is 0 Å². The van der Waals surface area contributed by atoms with E-state index in [0.29, 0.717) is 13.1 Å². The second-order valence-corrected chi connectivity index (χ2v) is 5.30. The molecule has 0 saturated carbocycles. The molecule has 21 heavy (non-hydrogen) atoms. The van der Waals surface area contributed by atoms with E-state index in [1.165, 1.54) is 4.90 Å². The average molecular weight is 290 g/mol. The topological polar surface area (TPSA) is 64.7 Å². The fraction of sp³-hybridized carbons (Fsp3) is 0.467. The van der Waals surface area contributed by atoms with Crippen LogP contribution in [0.4, 0.5) is 10.5 Å². The third kappa shape index (κ3) is 3.72. The lowest BCUT2D eigenvalue weighted by atomic mass is 10.1. The maximum atomic E-state index is 12.1. The lowest BCUT2D eigenvalue weighted by Gasteiger charge is -2.31. The molecule has 1 aliphatic rings. The van der Waals surface area contributed by atoms with Gasteiger partial charge in [-0.15, -0.1) is 0 Å². The van der Waals surface area contributed by atoms with Crippen molar-refractivity contribution in [1.29, 1.82) is 0 Å². The van der Waals surface area contributed by atoms with Gasteiger partial charge < -0.3 is 20.4 Å². The summed E-state index contributed by atoms with van der Waals surface area (Å²) in [7, 11) is 3.66. The molecule has 2 rings (SSSR count). The Kier molecular flexibility index (Phi) is 4.80. The van der Waals surface area contributed by atoms with Gasteiger partial charge in [0.15, 0.2) is 0 Å². The third-order valence-electron chi connectivity index (χ3n) is 3.84. The minimum absolute atomic E-state index is 0.0328. The summed E-state index contributed by atoms with van der Waals surface area (Å²) in [6.07, 6.45) is 0. The number of urea groups is 1. The summed E-state index contributed by atoms with van der Waals surface area (Å²) in [5, 5.41) is 5.99. The highest BCUT2D eigenvalue weighted by Gasteiger charge is 2.24. The molecule has 6 heteroatoms. The molecule has 1 atom stereocenters. The number of hydrogen-bond acceptors (Lipinski definition) is 3. The van der Waals surface area contributed by atoms with E-state index >= 15 is 0 Å². The van der Waals surface area contributed by atoms with Crippen LogP contribution in [0.5, 0.6) is 0 Å². The highest BCUT2D eigenvalue weighted by atomic mass is 16.2. The molecule has 0 aromatic heterocycles. The maximum Gasteiger partial charge on any atom is 0.322 e. The molecule has 1 aliphatic heterocycles. The zero-order valence-corrected chi connectivity index (χ0v) is 12.7. The number of likely N-dealkylation sites (N-methyl/N-ethyl adjacent to an activating group) is 1. The van der Waals surface area contributed by atoms with Gasteiger partial charge in [-0.05, 0) is 31.7 Å². The van der Waals surface area contributed by atoms with Crippen molar-refractivity contribution in [3.05, 3.63) is 29.8 Å². The average Bonchev–Trinajstić information content (AvgIpc) is 2.50. The van der Waals surface area contributed by atoms with Crippen LogP contribution in [0, 0.1) is 0 Å². The van der Waals surface area contributed by atoms with E-state index in [-0.39, 0.29) is 24.5 Å². The van der Waals surface area contributed by atoms with Crippen molar-refractivity contribution in [2.75, 3.05) is 39.0 Å². The first-order valence-electron chi connectivity index (χ1n) is 7.08. The third-order valence-corrected chi connectivity index (χ3v) is 3.84. The lowest BCUT2D eigenvalue weighted by Crippen LogP contribution is -2.51. The number of hydrogen-bond donors (Lipinski definition) is 2. The zero-order valence-electron chi connectivity index (χ0n) is 12.7. The second kappa shape index (κ2) is 6.58. The molecule has 1 aromatic carbocycles. The summed E-state index contributed by atoms with van der Waals surface area (Å²) in [5.74, 6) is -0.0328. The molecule has 1 aromatic rings. The summed E-state index contributed by atoms with van der Waals surface area (Å²) in [4.78, 5) is 26.9. The fourth-order valence-corrected chi connectivity index (χ4v) is 2.16. The number of benzene rings is 1. The van der Waals surface area contributed by atoms with Crippen molar-refractivity contribution in [3.63, 3.8) is 0 Å². The Bertz CT molecular complexity index is 515. The molecular formula is C15H22N4O2. The Morgan fingerprint density at radius 3 is 2.48 bits per heavy atom. The van der Waals surface area contributed by atoms with Gasteiger partial charge in [-0.2, -0.15) is 0 Å². The first-order valence-corrected chi connectivity index (χ1v) is 7.08. The highest BCUT2D eigenvalue weighted by Crippen LogP contribution is 2.16. The molecule has 114 valence electrons. The van der Waals surface area contributed by atoms with Gasteiger partial charge in [0.2, 0.25) is 5.91 Å². The van der Waals surface area contributed by atoms with Crippen LogP contribution in [0.3, 0.4) is 0 Å². The lowest BCUT2D eigenvalue weighted by molar-refractivity contribution is -0.133. The van der Waals surface area contributed by atoms with Crippen LogP contribution < -0.4 is 10.6 Å². The Labute approximate surface area is 125 Å². The Balaban J connectivity index is 1.95. The molecule has 1 unspecified atom stereocenters. The Morgan fingerprint density at radius 1 is 1.24 bits per heavy atom. The predicted molar refractivity (Wildman–Crippen MR) is 82.1 cm³/mol. The van der Waals surface area contributed by atoms with Gasteiger partial charge in [0.05, 0.1) is 0 Å². The van der Waals surface area contributed by atoms with Crippen molar-refractivity contribution in [2.45, 2.75) is 13.0 Å². The molecule has 3 amide bonds. The number of carbonyl (C=O) groups is 2. The van der Waals surface area contributed by atoms with Crippen molar-refractivity contribution >= 4 is 17.6 Å². The zero-order chi connectivity index (χ0) is 15.4. The van der Waals surface area contributed by atoms with E-state index in [9.17, 15) is 9.59 Å². The van der Waals surface area contributed by atoms with Crippen molar-refractivity contribution in [1.82, 2.24) is 15.1 Å². The van der Waals surface area contributed by atoms with Crippen molar-refractivity contribution in [3.8, 4) is 0 Å². The van der Waals surface area contributed by atoms with Gasteiger partial charge in [-0.1, -0.05) is 12.1 Å². The van der Waals surface area contributed by atoms with E-state index in [0.717, 1.165) is 11.3 Å². The molecule has 1 saturated heterocycles. The van der Waals surface area contributed by atoms with Gasteiger partial charge in [0, 0.05) is 31.9 Å². The number of piperazine rings is 1. The van der Waals surface area contributed by atoms with Gasteiger partial charge in [0.25, 0.3) is 0 Å². The maximum absolute atomic E-state index is 12.1. The number of nitrogens with zero attached hydrogens (tertiary/aromatic N) is 2. The molecule has 1 fully saturated rings. The predicted octanol–water partition coefficient (Wildman–Crippen LogP) is 1.27. The second-order valence-electron chi connectivity index (χ2n) is 5.30. The standard InChI is InChI=1S/C15H22N4O2/c1-11(16-2)12-4-6-13(7-5-12)17-15(21)19-9-8-18(3)14(20)10-19/h4-7,11,16H,8-10H2,1-3H3,(H,17,21). The minimum atomic E-state index is -0.231. The van der Waals surface area contributed by atoms with Crippen LogP contribution in [0.1, 0.15) is 18.5 Å². The smallest absolute Gasteiger partial charge is 0.322 e. The fourth-order valence-electron chi connectivity index (χ4n) is 2.16. The van der Waals surface area contributed by atoms with Crippen LogP contribution in [-0.2, 0) is 4.79 Å². The largest absolute Gasteiger partial charge is 0.342 e. The molecule has 0 bridgehead atoms. The SMILES string of the molecule is CNC(C)c1ccc(NC(=O)N2CCN(C)C(=O)C2)cc1. The summed E-state index contributed by atoms with van der Waals surface area (Å²) in [6, 6.07) is 7.74. The van der Waals surface area contributed by atoms with Gasteiger partial charge in [-0.3, -0.25) is 4.79 Å². The summed E-state index contributed by atoms with van der Waals surface area (Å²) >= 11 is 0. The Morgan fingerprint density at radius 2 is 1.90 bits per heavy atom. The number of amides is 3. The number of carbonyl (C=O) groups excluding carboxylic acids is 2. The van der Waals surface area contributed by atoms with E-state index in [1.54, 1.807) is 11.9 Å². The molecular weight excluding hydrogens is 268 g/mol. The van der Waals surface area contributed by atoms with Crippen molar-refractivity contribution < 1.29 is 9.59 Å². The molecule has 0 spiro atoms.